The van der Waals surface area contributed by atoms with Crippen LogP contribution in [0.5, 0.6) is 5.88 Å². The van der Waals surface area contributed by atoms with Crippen LogP contribution >= 0.6 is 0 Å². The van der Waals surface area contributed by atoms with Crippen LogP contribution < -0.4 is 10.1 Å². The molecule has 0 aliphatic rings. The molecule has 0 aromatic carbocycles. The van der Waals surface area contributed by atoms with Crippen LogP contribution in [0.1, 0.15) is 17.5 Å². The Bertz CT molecular complexity index is 461. The second-order valence-corrected chi connectivity index (χ2v) is 3.43. The Kier molecular flexibility index (Phi) is 4.98. The summed E-state index contributed by atoms with van der Waals surface area (Å²) < 4.78 is 42.4. The van der Waals surface area contributed by atoms with Gasteiger partial charge in [0.2, 0.25) is 5.88 Å². The van der Waals surface area contributed by atoms with Crippen LogP contribution in [0.15, 0.2) is 12.3 Å². The summed E-state index contributed by atoms with van der Waals surface area (Å²) in [6.07, 6.45) is -3.16. The van der Waals surface area contributed by atoms with Gasteiger partial charge in [-0.15, -0.1) is 0 Å². The number of hydrogen-bond acceptors (Lipinski definition) is 3. The van der Waals surface area contributed by atoms with Gasteiger partial charge in [-0.25, -0.2) is 4.98 Å². The van der Waals surface area contributed by atoms with E-state index in [2.05, 4.69) is 22.1 Å². The zero-order chi connectivity index (χ0) is 13.6. The van der Waals surface area contributed by atoms with E-state index < -0.39 is 11.7 Å². The van der Waals surface area contributed by atoms with Gasteiger partial charge in [0, 0.05) is 19.2 Å². The maximum absolute atomic E-state index is 12.5. The van der Waals surface area contributed by atoms with E-state index in [0.717, 1.165) is 12.3 Å². The minimum atomic E-state index is -4.43. The largest absolute Gasteiger partial charge is 0.480 e. The highest BCUT2D eigenvalue weighted by atomic mass is 19.4. The smallest absolute Gasteiger partial charge is 0.417 e. The lowest BCUT2D eigenvalue weighted by atomic mass is 10.2. The fraction of sp³-hybridized carbons (Fsp3) is 0.417. The summed E-state index contributed by atoms with van der Waals surface area (Å²) in [5, 5.41) is 2.89. The van der Waals surface area contributed by atoms with Crippen LogP contribution in [-0.2, 0) is 6.18 Å². The molecule has 0 aliphatic carbocycles. The van der Waals surface area contributed by atoms with E-state index in [1.807, 2.05) is 0 Å². The summed E-state index contributed by atoms with van der Waals surface area (Å²) in [6.45, 7) is 0.668. The molecule has 0 aliphatic heterocycles. The molecular weight excluding hydrogens is 245 g/mol. The first-order valence-corrected chi connectivity index (χ1v) is 5.23. The predicted octanol–water partition coefficient (Wildman–Crippen LogP) is 2.07. The summed E-state index contributed by atoms with van der Waals surface area (Å²) in [5.74, 6) is 5.49. The number of halogens is 3. The van der Waals surface area contributed by atoms with Crippen LogP contribution in [0.25, 0.3) is 0 Å². The van der Waals surface area contributed by atoms with Crippen LogP contribution in [0.4, 0.5) is 13.2 Å². The normalized spacial score (nSPS) is 10.7. The first kappa shape index (κ1) is 14.3. The maximum Gasteiger partial charge on any atom is 0.417 e. The number of ether oxygens (including phenoxy) is 1. The number of methoxy groups -OCH3 is 1. The van der Waals surface area contributed by atoms with Crippen molar-refractivity contribution < 1.29 is 17.9 Å². The monoisotopic (exact) mass is 258 g/mol. The number of rotatable bonds is 3. The van der Waals surface area contributed by atoms with Gasteiger partial charge in [-0.2, -0.15) is 13.2 Å². The Morgan fingerprint density at radius 2 is 2.17 bits per heavy atom. The Morgan fingerprint density at radius 3 is 2.72 bits per heavy atom. The van der Waals surface area contributed by atoms with E-state index in [9.17, 15) is 13.2 Å². The van der Waals surface area contributed by atoms with Gasteiger partial charge in [-0.3, -0.25) is 0 Å². The number of nitrogens with zero attached hydrogens (tertiary/aromatic N) is 1. The molecule has 3 nitrogen and oxygen atoms in total. The minimum absolute atomic E-state index is 0.0972. The molecule has 18 heavy (non-hydrogen) atoms. The molecule has 0 fully saturated rings. The van der Waals surface area contributed by atoms with Crippen LogP contribution in [0.3, 0.4) is 0 Å². The van der Waals surface area contributed by atoms with Crippen molar-refractivity contribution in [3.63, 3.8) is 0 Å². The molecule has 6 heteroatoms. The third-order valence-corrected chi connectivity index (χ3v) is 2.09. The quantitative estimate of drug-likeness (QED) is 0.665. The van der Waals surface area contributed by atoms with Gasteiger partial charge in [0.15, 0.2) is 0 Å². The molecule has 1 heterocycles. The first-order chi connectivity index (χ1) is 8.49. The van der Waals surface area contributed by atoms with E-state index in [1.54, 1.807) is 7.05 Å². The summed E-state index contributed by atoms with van der Waals surface area (Å²) in [6, 6.07) is 0.943. The molecular formula is C12H13F3N2O. The zero-order valence-electron chi connectivity index (χ0n) is 10.1. The highest BCUT2D eigenvalue weighted by Crippen LogP contribution is 2.30. The number of hydrogen-bond donors (Lipinski definition) is 1. The standard InChI is InChI=1S/C12H13F3N2O/c1-16-6-4-3-5-9-7-10(12(13,14)15)8-17-11(9)18-2/h7-8,16H,4,6H2,1-2H3. The van der Waals surface area contributed by atoms with Crippen LogP contribution in [0, 0.1) is 11.8 Å². The second-order valence-electron chi connectivity index (χ2n) is 3.43. The van der Waals surface area contributed by atoms with Crippen molar-refractivity contribution in [3.05, 3.63) is 23.4 Å². The number of aromatic nitrogens is 1. The molecule has 0 radical (unpaired) electrons. The van der Waals surface area contributed by atoms with E-state index in [1.165, 1.54) is 7.11 Å². The topological polar surface area (TPSA) is 34.2 Å². The van der Waals surface area contributed by atoms with Gasteiger partial charge in [-0.1, -0.05) is 11.8 Å². The van der Waals surface area contributed by atoms with Gasteiger partial charge in [-0.05, 0) is 13.1 Å². The third-order valence-electron chi connectivity index (χ3n) is 2.09. The van der Waals surface area contributed by atoms with E-state index in [-0.39, 0.29) is 11.4 Å². The van der Waals surface area contributed by atoms with Crippen molar-refractivity contribution in [1.82, 2.24) is 10.3 Å². The molecule has 1 aromatic heterocycles. The minimum Gasteiger partial charge on any atom is -0.480 e. The Labute approximate surface area is 103 Å². The SMILES string of the molecule is CNCCC#Cc1cc(C(F)(F)F)cnc1OC. The summed E-state index contributed by atoms with van der Waals surface area (Å²) >= 11 is 0. The highest BCUT2D eigenvalue weighted by molar-refractivity contribution is 5.44. The molecule has 1 aromatic rings. The van der Waals surface area contributed by atoms with Gasteiger partial charge in [0.05, 0.1) is 18.2 Å². The van der Waals surface area contributed by atoms with Gasteiger partial charge in [0.25, 0.3) is 0 Å². The third kappa shape index (κ3) is 3.93. The van der Waals surface area contributed by atoms with Crippen LogP contribution in [0.2, 0.25) is 0 Å². The number of alkyl halides is 3. The van der Waals surface area contributed by atoms with Gasteiger partial charge >= 0.3 is 6.18 Å². The van der Waals surface area contributed by atoms with Crippen molar-refractivity contribution in [2.75, 3.05) is 20.7 Å². The molecule has 0 atom stereocenters. The number of nitrogens with one attached hydrogen (secondary N) is 1. The fourth-order valence-corrected chi connectivity index (χ4v) is 1.20. The summed E-state index contributed by atoms with van der Waals surface area (Å²) in [4.78, 5) is 3.60. The fourth-order valence-electron chi connectivity index (χ4n) is 1.20. The van der Waals surface area contributed by atoms with Gasteiger partial charge < -0.3 is 10.1 Å². The zero-order valence-corrected chi connectivity index (χ0v) is 10.1. The van der Waals surface area contributed by atoms with E-state index in [0.29, 0.717) is 13.0 Å². The van der Waals surface area contributed by atoms with E-state index >= 15 is 0 Å². The van der Waals surface area contributed by atoms with Crippen molar-refractivity contribution in [2.24, 2.45) is 0 Å². The second kappa shape index (κ2) is 6.26. The average Bonchev–Trinajstić information content (AvgIpc) is 2.33. The Balaban J connectivity index is 3.02. The molecule has 1 rings (SSSR count). The lowest BCUT2D eigenvalue weighted by Crippen LogP contribution is -2.07. The molecule has 0 unspecified atom stereocenters. The van der Waals surface area contributed by atoms with E-state index in [4.69, 9.17) is 4.74 Å². The maximum atomic E-state index is 12.5. The Morgan fingerprint density at radius 1 is 1.44 bits per heavy atom. The van der Waals surface area contributed by atoms with Crippen molar-refractivity contribution in [2.45, 2.75) is 12.6 Å². The Hall–Kier alpha value is -1.74. The van der Waals surface area contributed by atoms with Crippen molar-refractivity contribution >= 4 is 0 Å². The van der Waals surface area contributed by atoms with Crippen molar-refractivity contribution in [1.29, 1.82) is 0 Å². The summed E-state index contributed by atoms with van der Waals surface area (Å²) in [5.41, 5.74) is -0.690. The average molecular weight is 258 g/mol. The van der Waals surface area contributed by atoms with Gasteiger partial charge in [0.1, 0.15) is 0 Å². The molecule has 0 saturated carbocycles. The predicted molar refractivity (Wildman–Crippen MR) is 61.2 cm³/mol. The first-order valence-electron chi connectivity index (χ1n) is 5.23. The molecule has 0 saturated heterocycles. The molecule has 0 amide bonds. The highest BCUT2D eigenvalue weighted by Gasteiger charge is 2.31. The molecule has 0 spiro atoms. The van der Waals surface area contributed by atoms with Crippen LogP contribution in [-0.4, -0.2) is 25.7 Å². The number of pyridine rings is 1. The lowest BCUT2D eigenvalue weighted by molar-refractivity contribution is -0.137. The molecule has 98 valence electrons. The van der Waals surface area contributed by atoms with Crippen molar-refractivity contribution in [3.8, 4) is 17.7 Å². The lowest BCUT2D eigenvalue weighted by Gasteiger charge is -2.08. The molecule has 0 bridgehead atoms. The molecule has 1 N–H and O–H groups in total. The summed E-state index contributed by atoms with van der Waals surface area (Å²) in [7, 11) is 3.11.